The highest BCUT2D eigenvalue weighted by molar-refractivity contribution is 7.89. The van der Waals surface area contributed by atoms with Gasteiger partial charge in [-0.3, -0.25) is 4.79 Å². The zero-order valence-corrected chi connectivity index (χ0v) is 23.7. The first-order valence-corrected chi connectivity index (χ1v) is 15.7. The molecule has 2 aliphatic rings. The molecule has 0 saturated heterocycles. The number of hydrogen-bond donors (Lipinski definition) is 0. The lowest BCUT2D eigenvalue weighted by Gasteiger charge is -2.38. The lowest BCUT2D eigenvalue weighted by atomic mass is 9.93. The molecule has 1 aliphatic carbocycles. The number of fused-ring (bicyclic) bond motifs is 2. The van der Waals surface area contributed by atoms with Crippen LogP contribution in [0.5, 0.6) is 0 Å². The van der Waals surface area contributed by atoms with Crippen molar-refractivity contribution in [3.8, 4) is 0 Å². The number of amides is 1. The third-order valence-corrected chi connectivity index (χ3v) is 10.7. The normalized spacial score (nSPS) is 17.7. The molecule has 1 fully saturated rings. The molecule has 5 nitrogen and oxygen atoms in total. The van der Waals surface area contributed by atoms with Crippen LogP contribution in [0.1, 0.15) is 34.9 Å². The second kappa shape index (κ2) is 10.3. The lowest BCUT2D eigenvalue weighted by molar-refractivity contribution is -0.133. The molecule has 1 aliphatic heterocycles. The van der Waals surface area contributed by atoms with E-state index in [0.717, 1.165) is 41.2 Å². The van der Waals surface area contributed by atoms with Gasteiger partial charge in [0.15, 0.2) is 0 Å². The Bertz CT molecular complexity index is 1630. The second-order valence-corrected chi connectivity index (χ2v) is 13.7. The van der Waals surface area contributed by atoms with Crippen LogP contribution in [-0.4, -0.2) is 43.2 Å². The average Bonchev–Trinajstić information content (AvgIpc) is 3.60. The Balaban J connectivity index is 1.34. The number of sulfonamides is 1. The van der Waals surface area contributed by atoms with Crippen molar-refractivity contribution < 1.29 is 13.2 Å². The Morgan fingerprint density at radius 3 is 2.53 bits per heavy atom. The summed E-state index contributed by atoms with van der Waals surface area (Å²) < 4.78 is 29.1. The van der Waals surface area contributed by atoms with E-state index in [1.54, 1.807) is 40.5 Å². The summed E-state index contributed by atoms with van der Waals surface area (Å²) >= 11 is 14.5. The first kappa shape index (κ1) is 25.8. The summed E-state index contributed by atoms with van der Waals surface area (Å²) in [6.07, 6.45) is 2.67. The fourth-order valence-corrected chi connectivity index (χ4v) is 8.12. The highest BCUT2D eigenvalue weighted by atomic mass is 35.5. The molecule has 1 unspecified atom stereocenters. The van der Waals surface area contributed by atoms with Crippen LogP contribution < -0.4 is 0 Å². The van der Waals surface area contributed by atoms with Crippen molar-refractivity contribution in [2.45, 2.75) is 30.2 Å². The van der Waals surface area contributed by atoms with Crippen LogP contribution in [0.2, 0.25) is 10.0 Å². The Labute approximate surface area is 236 Å². The third kappa shape index (κ3) is 4.98. The molecule has 196 valence electrons. The molecule has 0 spiro atoms. The maximum absolute atomic E-state index is 13.9. The van der Waals surface area contributed by atoms with E-state index in [1.807, 2.05) is 47.8 Å². The van der Waals surface area contributed by atoms with Gasteiger partial charge in [-0.25, -0.2) is 8.42 Å². The summed E-state index contributed by atoms with van der Waals surface area (Å²) in [6, 6.07) is 19.8. The van der Waals surface area contributed by atoms with Crippen LogP contribution in [0, 0.1) is 5.92 Å². The van der Waals surface area contributed by atoms with Crippen molar-refractivity contribution in [3.63, 3.8) is 0 Å². The van der Waals surface area contributed by atoms with Crippen molar-refractivity contribution in [3.05, 3.63) is 98.2 Å². The van der Waals surface area contributed by atoms with Crippen LogP contribution in [0.15, 0.2) is 77.0 Å². The van der Waals surface area contributed by atoms with Gasteiger partial charge in [0.1, 0.15) is 0 Å². The van der Waals surface area contributed by atoms with E-state index in [2.05, 4.69) is 0 Å². The van der Waals surface area contributed by atoms with Crippen molar-refractivity contribution >= 4 is 61.2 Å². The number of carbonyl (C=O) groups is 1. The van der Waals surface area contributed by atoms with E-state index < -0.39 is 16.1 Å². The van der Waals surface area contributed by atoms with Gasteiger partial charge in [0.05, 0.1) is 17.5 Å². The molecular weight excluding hydrogens is 559 g/mol. The minimum Gasteiger partial charge on any atom is -0.330 e. The van der Waals surface area contributed by atoms with E-state index in [9.17, 15) is 13.2 Å². The first-order valence-electron chi connectivity index (χ1n) is 12.6. The smallest absolute Gasteiger partial charge is 0.243 e. The Morgan fingerprint density at radius 2 is 1.76 bits per heavy atom. The molecule has 0 bridgehead atoms. The number of nitrogens with zero attached hydrogens (tertiary/aromatic N) is 2. The fourth-order valence-electron chi connectivity index (χ4n) is 5.20. The molecular formula is C29H26Cl2N2O3S2. The summed E-state index contributed by atoms with van der Waals surface area (Å²) in [5, 5.41) is 4.86. The summed E-state index contributed by atoms with van der Waals surface area (Å²) in [5.41, 5.74) is 1.82. The SMILES string of the molecule is O=C(CN(CC1CC1)S(=O)(=O)c1ccc2ccccc2c1)N1CCc2sccc2C1c1ccc(Cl)cc1Cl. The minimum atomic E-state index is -3.88. The number of carbonyl (C=O) groups excluding carboxylic acids is 1. The van der Waals surface area contributed by atoms with Crippen molar-refractivity contribution in [1.82, 2.24) is 9.21 Å². The second-order valence-electron chi connectivity index (χ2n) is 9.95. The summed E-state index contributed by atoms with van der Waals surface area (Å²) in [7, 11) is -3.88. The molecule has 38 heavy (non-hydrogen) atoms. The molecule has 1 saturated carbocycles. The maximum atomic E-state index is 13.9. The van der Waals surface area contributed by atoms with Crippen LogP contribution in [-0.2, 0) is 21.2 Å². The molecule has 1 atom stereocenters. The van der Waals surface area contributed by atoms with E-state index >= 15 is 0 Å². The predicted octanol–water partition coefficient (Wildman–Crippen LogP) is 6.78. The van der Waals surface area contributed by atoms with Gasteiger partial charge in [-0.15, -0.1) is 11.3 Å². The number of rotatable bonds is 7. The molecule has 2 heterocycles. The number of benzene rings is 3. The van der Waals surface area contributed by atoms with Crippen molar-refractivity contribution in [2.75, 3.05) is 19.6 Å². The van der Waals surface area contributed by atoms with Crippen LogP contribution in [0.25, 0.3) is 10.8 Å². The fraction of sp³-hybridized carbons (Fsp3) is 0.276. The summed E-state index contributed by atoms with van der Waals surface area (Å²) in [4.78, 5) is 17.1. The Hall–Kier alpha value is -2.42. The quantitative estimate of drug-likeness (QED) is 0.240. The van der Waals surface area contributed by atoms with Crippen LogP contribution >= 0.6 is 34.5 Å². The largest absolute Gasteiger partial charge is 0.330 e. The highest BCUT2D eigenvalue weighted by Gasteiger charge is 2.38. The molecule has 3 aromatic carbocycles. The number of thiophene rings is 1. The monoisotopic (exact) mass is 584 g/mol. The zero-order valence-electron chi connectivity index (χ0n) is 20.5. The number of halogens is 2. The van der Waals surface area contributed by atoms with E-state index in [0.29, 0.717) is 23.1 Å². The van der Waals surface area contributed by atoms with Crippen molar-refractivity contribution in [1.29, 1.82) is 0 Å². The topological polar surface area (TPSA) is 57.7 Å². The van der Waals surface area contributed by atoms with Gasteiger partial charge in [-0.2, -0.15) is 4.31 Å². The minimum absolute atomic E-state index is 0.209. The summed E-state index contributed by atoms with van der Waals surface area (Å²) in [5.74, 6) is 0.0484. The Morgan fingerprint density at radius 1 is 0.974 bits per heavy atom. The van der Waals surface area contributed by atoms with E-state index in [-0.39, 0.29) is 23.3 Å². The van der Waals surface area contributed by atoms with E-state index in [1.165, 1.54) is 9.18 Å². The van der Waals surface area contributed by atoms with Gasteiger partial charge in [-0.1, -0.05) is 59.6 Å². The van der Waals surface area contributed by atoms with Crippen LogP contribution in [0.4, 0.5) is 0 Å². The van der Waals surface area contributed by atoms with Crippen LogP contribution in [0.3, 0.4) is 0 Å². The lowest BCUT2D eigenvalue weighted by Crippen LogP contribution is -2.47. The highest BCUT2D eigenvalue weighted by Crippen LogP contribution is 2.41. The molecule has 0 radical (unpaired) electrons. The molecule has 6 rings (SSSR count). The average molecular weight is 586 g/mol. The molecule has 9 heteroatoms. The predicted molar refractivity (Wildman–Crippen MR) is 153 cm³/mol. The zero-order chi connectivity index (χ0) is 26.4. The molecule has 1 aromatic heterocycles. The van der Waals surface area contributed by atoms with Gasteiger partial charge in [0.2, 0.25) is 15.9 Å². The number of hydrogen-bond acceptors (Lipinski definition) is 4. The molecule has 4 aromatic rings. The first-order chi connectivity index (χ1) is 18.3. The van der Waals surface area contributed by atoms with Gasteiger partial charge in [0, 0.05) is 28.0 Å². The Kier molecular flexibility index (Phi) is 6.99. The third-order valence-electron chi connectivity index (χ3n) is 7.37. The van der Waals surface area contributed by atoms with Crippen molar-refractivity contribution in [2.24, 2.45) is 5.92 Å². The molecule has 0 N–H and O–H groups in total. The molecule has 1 amide bonds. The van der Waals surface area contributed by atoms with Gasteiger partial charge in [-0.05, 0) is 82.8 Å². The summed E-state index contributed by atoms with van der Waals surface area (Å²) in [6.45, 7) is 0.612. The van der Waals surface area contributed by atoms with Gasteiger partial charge in [0.25, 0.3) is 0 Å². The van der Waals surface area contributed by atoms with E-state index in [4.69, 9.17) is 23.2 Å². The van der Waals surface area contributed by atoms with Gasteiger partial charge < -0.3 is 4.90 Å². The standard InChI is InChI=1S/C29H26Cl2N2O3S2/c30-22-8-10-24(26(31)16-22)29-25-12-14-37-27(25)11-13-33(29)28(34)18-32(17-19-5-6-19)38(35,36)23-9-7-20-3-1-2-4-21(20)15-23/h1-4,7-10,12,14-16,19,29H,5-6,11,13,17-18H2. The van der Waals surface area contributed by atoms with Gasteiger partial charge >= 0.3 is 0 Å². The maximum Gasteiger partial charge on any atom is 0.243 e.